The Labute approximate surface area is 193 Å². The Morgan fingerprint density at radius 1 is 0.938 bits per heavy atom. The second kappa shape index (κ2) is 11.7. The van der Waals surface area contributed by atoms with E-state index < -0.39 is 0 Å². The minimum absolute atomic E-state index is 0.262. The first-order valence-electron chi connectivity index (χ1n) is 12.8. The number of hydrogen-bond donors (Lipinski definition) is 2. The Morgan fingerprint density at radius 3 is 2.34 bits per heavy atom. The molecular weight excluding hydrogens is 398 g/mol. The van der Waals surface area contributed by atoms with Crippen LogP contribution in [0.25, 0.3) is 0 Å². The zero-order valence-corrected chi connectivity index (χ0v) is 19.8. The summed E-state index contributed by atoms with van der Waals surface area (Å²) in [6, 6.07) is 9.24. The van der Waals surface area contributed by atoms with Gasteiger partial charge in [-0.25, -0.2) is 0 Å². The molecule has 1 atom stereocenters. The number of amides is 1. The van der Waals surface area contributed by atoms with Crippen molar-refractivity contribution in [2.45, 2.75) is 76.9 Å². The normalized spacial score (nSPS) is 23.3. The van der Waals surface area contributed by atoms with Gasteiger partial charge in [-0.3, -0.25) is 14.7 Å². The van der Waals surface area contributed by atoms with Crippen molar-refractivity contribution < 1.29 is 4.79 Å². The summed E-state index contributed by atoms with van der Waals surface area (Å²) in [6.07, 6.45) is 10.9. The van der Waals surface area contributed by atoms with Crippen molar-refractivity contribution in [3.05, 3.63) is 35.4 Å². The molecule has 2 heterocycles. The number of benzene rings is 1. The zero-order valence-electron chi connectivity index (χ0n) is 19.8. The van der Waals surface area contributed by atoms with Crippen LogP contribution in [0, 0.1) is 5.92 Å². The van der Waals surface area contributed by atoms with Crippen LogP contribution in [0.3, 0.4) is 0 Å². The summed E-state index contributed by atoms with van der Waals surface area (Å²) >= 11 is 0. The van der Waals surface area contributed by atoms with E-state index in [0.29, 0.717) is 5.91 Å². The second-order valence-electron chi connectivity index (χ2n) is 9.83. The van der Waals surface area contributed by atoms with Crippen LogP contribution in [-0.2, 0) is 17.9 Å². The van der Waals surface area contributed by atoms with Crippen molar-refractivity contribution >= 4 is 11.9 Å². The van der Waals surface area contributed by atoms with Crippen LogP contribution in [0.5, 0.6) is 0 Å². The maximum absolute atomic E-state index is 12.8. The molecule has 6 heteroatoms. The number of likely N-dealkylation sites (tertiary alicyclic amines) is 2. The van der Waals surface area contributed by atoms with Gasteiger partial charge in [0.2, 0.25) is 5.91 Å². The maximum atomic E-state index is 12.8. The Balaban J connectivity index is 1.20. The van der Waals surface area contributed by atoms with Crippen LogP contribution in [0.4, 0.5) is 0 Å². The van der Waals surface area contributed by atoms with E-state index in [2.05, 4.69) is 49.7 Å². The molecule has 1 saturated carbocycles. The summed E-state index contributed by atoms with van der Waals surface area (Å²) in [5.41, 5.74) is 2.66. The second-order valence-corrected chi connectivity index (χ2v) is 9.83. The van der Waals surface area contributed by atoms with Crippen molar-refractivity contribution in [1.82, 2.24) is 20.4 Å². The summed E-state index contributed by atoms with van der Waals surface area (Å²) in [5, 5.41) is 6.97. The average Bonchev–Trinajstić information content (AvgIpc) is 3.32. The molecule has 0 spiro atoms. The Hall–Kier alpha value is -2.08. The molecule has 1 aromatic carbocycles. The molecular formula is C26H41N5O. The molecule has 176 valence electrons. The number of guanidine groups is 1. The van der Waals surface area contributed by atoms with Crippen LogP contribution in [0.1, 0.15) is 68.9 Å². The van der Waals surface area contributed by atoms with Crippen molar-refractivity contribution in [3.8, 4) is 0 Å². The van der Waals surface area contributed by atoms with E-state index in [1.165, 1.54) is 62.7 Å². The van der Waals surface area contributed by atoms with Gasteiger partial charge >= 0.3 is 0 Å². The minimum Gasteiger partial charge on any atom is -0.352 e. The number of hydrogen-bond acceptors (Lipinski definition) is 3. The Bertz CT molecular complexity index is 750. The van der Waals surface area contributed by atoms with Gasteiger partial charge in [-0.2, -0.15) is 0 Å². The smallest absolute Gasteiger partial charge is 0.225 e. The van der Waals surface area contributed by atoms with Gasteiger partial charge in [0.1, 0.15) is 0 Å². The van der Waals surface area contributed by atoms with Crippen LogP contribution in [0.2, 0.25) is 0 Å². The van der Waals surface area contributed by atoms with Crippen molar-refractivity contribution in [2.75, 3.05) is 33.2 Å². The molecule has 2 saturated heterocycles. The molecule has 6 nitrogen and oxygen atoms in total. The lowest BCUT2D eigenvalue weighted by Crippen LogP contribution is -2.45. The summed E-state index contributed by atoms with van der Waals surface area (Å²) in [5.74, 6) is 1.46. The number of carbonyl (C=O) groups excluding carboxylic acids is 1. The van der Waals surface area contributed by atoms with Gasteiger partial charge < -0.3 is 15.5 Å². The lowest BCUT2D eigenvalue weighted by atomic mass is 9.88. The topological polar surface area (TPSA) is 60.0 Å². The molecule has 3 fully saturated rings. The summed E-state index contributed by atoms with van der Waals surface area (Å²) < 4.78 is 0. The molecule has 4 rings (SSSR count). The fraction of sp³-hybridized carbons (Fsp3) is 0.692. The van der Waals surface area contributed by atoms with Crippen LogP contribution in [0.15, 0.2) is 29.3 Å². The molecule has 2 aliphatic heterocycles. The minimum atomic E-state index is 0.262. The molecule has 1 unspecified atom stereocenters. The highest BCUT2D eigenvalue weighted by atomic mass is 16.2. The third-order valence-electron chi connectivity index (χ3n) is 7.36. The number of rotatable bonds is 6. The molecule has 3 aliphatic rings. The van der Waals surface area contributed by atoms with E-state index in [4.69, 9.17) is 0 Å². The number of piperidine rings is 1. The lowest BCUT2D eigenvalue weighted by molar-refractivity contribution is -0.135. The van der Waals surface area contributed by atoms with Crippen LogP contribution >= 0.6 is 0 Å². The first-order chi connectivity index (χ1) is 15.7. The van der Waals surface area contributed by atoms with Gasteiger partial charge in [0.15, 0.2) is 5.96 Å². The molecule has 0 radical (unpaired) electrons. The maximum Gasteiger partial charge on any atom is 0.225 e. The third kappa shape index (κ3) is 6.47. The quantitative estimate of drug-likeness (QED) is 0.526. The van der Waals surface area contributed by atoms with Gasteiger partial charge in [0.05, 0.1) is 0 Å². The molecule has 0 bridgehead atoms. The van der Waals surface area contributed by atoms with Crippen LogP contribution < -0.4 is 10.6 Å². The highest BCUT2D eigenvalue weighted by molar-refractivity contribution is 5.81. The number of aliphatic imine (C=N–C) groups is 1. The van der Waals surface area contributed by atoms with E-state index in [1.54, 1.807) is 0 Å². The largest absolute Gasteiger partial charge is 0.352 e. The molecule has 0 aromatic heterocycles. The van der Waals surface area contributed by atoms with Crippen LogP contribution in [-0.4, -0.2) is 60.9 Å². The van der Waals surface area contributed by atoms with Crippen molar-refractivity contribution in [2.24, 2.45) is 10.9 Å². The van der Waals surface area contributed by atoms with E-state index in [0.717, 1.165) is 51.4 Å². The molecule has 32 heavy (non-hydrogen) atoms. The predicted octanol–water partition coefficient (Wildman–Crippen LogP) is 3.52. The first kappa shape index (κ1) is 23.1. The number of carbonyl (C=O) groups is 1. The van der Waals surface area contributed by atoms with Gasteiger partial charge in [0.25, 0.3) is 0 Å². The van der Waals surface area contributed by atoms with Gasteiger partial charge in [-0.15, -0.1) is 0 Å². The highest BCUT2D eigenvalue weighted by Crippen LogP contribution is 2.26. The zero-order chi connectivity index (χ0) is 22.2. The average molecular weight is 440 g/mol. The molecule has 2 N–H and O–H groups in total. The summed E-state index contributed by atoms with van der Waals surface area (Å²) in [6.45, 7) is 5.94. The molecule has 1 aliphatic carbocycles. The Morgan fingerprint density at radius 2 is 1.62 bits per heavy atom. The summed E-state index contributed by atoms with van der Waals surface area (Å²) in [4.78, 5) is 21.9. The monoisotopic (exact) mass is 439 g/mol. The highest BCUT2D eigenvalue weighted by Gasteiger charge is 2.31. The van der Waals surface area contributed by atoms with Gasteiger partial charge in [-0.1, -0.05) is 49.9 Å². The first-order valence-corrected chi connectivity index (χ1v) is 12.8. The lowest BCUT2D eigenvalue weighted by Gasteiger charge is -2.26. The van der Waals surface area contributed by atoms with Crippen molar-refractivity contribution in [1.29, 1.82) is 0 Å². The van der Waals surface area contributed by atoms with Crippen molar-refractivity contribution in [3.63, 3.8) is 0 Å². The standard InChI is InChI=1S/C26H41N5O/c1-27-26(29-24-14-17-31(20-24)25(32)23-8-4-2-5-9-23)28-18-21-10-12-22(13-11-21)19-30-15-6-3-7-16-30/h10-13,23-24H,2-9,14-20H2,1H3,(H2,27,28,29). The fourth-order valence-electron chi connectivity index (χ4n) is 5.40. The molecule has 1 amide bonds. The fourth-order valence-corrected chi connectivity index (χ4v) is 5.40. The summed E-state index contributed by atoms with van der Waals surface area (Å²) in [7, 11) is 1.82. The SMILES string of the molecule is CN=C(NCc1ccc(CN2CCCCC2)cc1)NC1CCN(C(=O)C2CCCCC2)C1. The van der Waals surface area contributed by atoms with Gasteiger partial charge in [-0.05, 0) is 56.3 Å². The Kier molecular flexibility index (Phi) is 8.43. The molecule has 1 aromatic rings. The predicted molar refractivity (Wildman–Crippen MR) is 130 cm³/mol. The van der Waals surface area contributed by atoms with E-state index in [-0.39, 0.29) is 12.0 Å². The van der Waals surface area contributed by atoms with E-state index >= 15 is 0 Å². The van der Waals surface area contributed by atoms with Gasteiger partial charge in [0, 0.05) is 45.2 Å². The number of nitrogens with one attached hydrogen (secondary N) is 2. The van der Waals surface area contributed by atoms with E-state index in [9.17, 15) is 4.79 Å². The third-order valence-corrected chi connectivity index (χ3v) is 7.36. The number of nitrogens with zero attached hydrogens (tertiary/aromatic N) is 3. The van der Waals surface area contributed by atoms with E-state index in [1.807, 2.05) is 7.05 Å².